The van der Waals surface area contributed by atoms with Gasteiger partial charge in [-0.1, -0.05) is 42.5 Å². The van der Waals surface area contributed by atoms with E-state index in [9.17, 15) is 9.59 Å². The van der Waals surface area contributed by atoms with Crippen LogP contribution in [0.1, 0.15) is 24.9 Å². The Morgan fingerprint density at radius 2 is 1.73 bits per heavy atom. The van der Waals surface area contributed by atoms with Gasteiger partial charge in [0.25, 0.3) is 0 Å². The van der Waals surface area contributed by atoms with Gasteiger partial charge < -0.3 is 10.6 Å². The van der Waals surface area contributed by atoms with Crippen LogP contribution < -0.4 is 10.6 Å². The molecule has 2 amide bonds. The molecule has 0 aliphatic rings. The summed E-state index contributed by atoms with van der Waals surface area (Å²) in [6.45, 7) is 1.44. The summed E-state index contributed by atoms with van der Waals surface area (Å²) in [6.07, 6.45) is 3.46. The fourth-order valence-corrected chi connectivity index (χ4v) is 3.32. The van der Waals surface area contributed by atoms with Crippen molar-refractivity contribution < 1.29 is 9.59 Å². The minimum absolute atomic E-state index is 0.123. The molecule has 150 valence electrons. The maximum absolute atomic E-state index is 12.6. The van der Waals surface area contributed by atoms with Gasteiger partial charge in [0.15, 0.2) is 0 Å². The molecule has 7 nitrogen and oxygen atoms in total. The summed E-state index contributed by atoms with van der Waals surface area (Å²) in [5.74, 6) is 0.317. The molecule has 0 fully saturated rings. The third-order valence-electron chi connectivity index (χ3n) is 4.70. The fourth-order valence-electron chi connectivity index (χ4n) is 3.32. The number of para-hydroxylation sites is 2. The van der Waals surface area contributed by atoms with Crippen LogP contribution in [0.2, 0.25) is 0 Å². The number of aromatic nitrogens is 3. The number of carbonyl (C=O) groups is 2. The third-order valence-corrected chi connectivity index (χ3v) is 4.70. The van der Waals surface area contributed by atoms with Crippen molar-refractivity contribution in [1.82, 2.24) is 19.9 Å². The average molecular weight is 399 g/mol. The Morgan fingerprint density at radius 3 is 2.47 bits per heavy atom. The molecule has 1 unspecified atom stereocenters. The number of amides is 2. The maximum Gasteiger partial charge on any atom is 0.226 e. The monoisotopic (exact) mass is 399 g/mol. The number of carbonyl (C=O) groups excluding carboxylic acids is 2. The first-order valence-electron chi connectivity index (χ1n) is 9.60. The van der Waals surface area contributed by atoms with Gasteiger partial charge in [0.1, 0.15) is 12.1 Å². The average Bonchev–Trinajstić information content (AvgIpc) is 3.18. The Kier molecular flexibility index (Phi) is 5.52. The Labute approximate surface area is 173 Å². The molecular formula is C23H21N5O2. The number of fused-ring (bicyclic) bond motifs is 1. The third kappa shape index (κ3) is 4.35. The molecule has 0 radical (unpaired) electrons. The molecule has 0 bridgehead atoms. The van der Waals surface area contributed by atoms with Crippen molar-refractivity contribution in [2.75, 3.05) is 5.32 Å². The lowest BCUT2D eigenvalue weighted by Gasteiger charge is -2.18. The van der Waals surface area contributed by atoms with E-state index in [-0.39, 0.29) is 18.2 Å². The van der Waals surface area contributed by atoms with E-state index in [1.165, 1.54) is 6.92 Å². The molecule has 2 heterocycles. The minimum Gasteiger partial charge on any atom is -0.349 e. The van der Waals surface area contributed by atoms with Crippen molar-refractivity contribution in [3.63, 3.8) is 0 Å². The second-order valence-corrected chi connectivity index (χ2v) is 6.92. The number of nitrogens with one attached hydrogen (secondary N) is 2. The van der Waals surface area contributed by atoms with Gasteiger partial charge in [0.2, 0.25) is 11.8 Å². The van der Waals surface area contributed by atoms with Crippen molar-refractivity contribution in [3.8, 4) is 5.82 Å². The van der Waals surface area contributed by atoms with E-state index in [1.54, 1.807) is 18.6 Å². The molecule has 0 aliphatic carbocycles. The van der Waals surface area contributed by atoms with Crippen LogP contribution in [0.15, 0.2) is 79.3 Å². The van der Waals surface area contributed by atoms with E-state index < -0.39 is 6.04 Å². The zero-order chi connectivity index (χ0) is 20.9. The maximum atomic E-state index is 12.6. The molecule has 2 aromatic heterocycles. The first-order valence-corrected chi connectivity index (χ1v) is 9.60. The van der Waals surface area contributed by atoms with E-state index in [0.717, 1.165) is 16.6 Å². The van der Waals surface area contributed by atoms with Crippen LogP contribution in [0.4, 0.5) is 5.69 Å². The summed E-state index contributed by atoms with van der Waals surface area (Å²) >= 11 is 0. The van der Waals surface area contributed by atoms with E-state index in [1.807, 2.05) is 65.2 Å². The van der Waals surface area contributed by atoms with Crippen LogP contribution in [-0.2, 0) is 9.59 Å². The second-order valence-electron chi connectivity index (χ2n) is 6.92. The number of hydrogen-bond donors (Lipinski definition) is 2. The van der Waals surface area contributed by atoms with Crippen LogP contribution in [0.5, 0.6) is 0 Å². The summed E-state index contributed by atoms with van der Waals surface area (Å²) in [6, 6.07) is 20.5. The van der Waals surface area contributed by atoms with Gasteiger partial charge in [-0.15, -0.1) is 0 Å². The molecule has 0 saturated heterocycles. The van der Waals surface area contributed by atoms with Crippen LogP contribution in [0.3, 0.4) is 0 Å². The number of imidazole rings is 1. The summed E-state index contributed by atoms with van der Waals surface area (Å²) in [5, 5.41) is 5.68. The highest BCUT2D eigenvalue weighted by Gasteiger charge is 2.17. The van der Waals surface area contributed by atoms with Crippen molar-refractivity contribution in [1.29, 1.82) is 0 Å². The zero-order valence-corrected chi connectivity index (χ0v) is 16.4. The number of hydrogen-bond acceptors (Lipinski definition) is 4. The van der Waals surface area contributed by atoms with Gasteiger partial charge in [0, 0.05) is 6.92 Å². The van der Waals surface area contributed by atoms with Crippen molar-refractivity contribution >= 4 is 28.5 Å². The Hall–Kier alpha value is -4.00. The first kappa shape index (κ1) is 19.3. The molecule has 0 aliphatic heterocycles. The van der Waals surface area contributed by atoms with Gasteiger partial charge >= 0.3 is 0 Å². The predicted molar refractivity (Wildman–Crippen MR) is 115 cm³/mol. The highest BCUT2D eigenvalue weighted by atomic mass is 16.2. The quantitative estimate of drug-likeness (QED) is 0.518. The summed E-state index contributed by atoms with van der Waals surface area (Å²) < 4.78 is 1.89. The van der Waals surface area contributed by atoms with Gasteiger partial charge in [-0.2, -0.15) is 0 Å². The molecule has 4 aromatic rings. The standard InChI is InChI=1S/C23H21N5O2/c1-16(29)26-20(17-7-3-2-4-8-17)13-23(30)27-18-11-12-22(24-14-18)28-15-25-19-9-5-6-10-21(19)28/h2-12,14-15,20H,13H2,1H3,(H,26,29)(H,27,30). The topological polar surface area (TPSA) is 88.9 Å². The van der Waals surface area contributed by atoms with Crippen LogP contribution in [-0.4, -0.2) is 26.3 Å². The molecule has 1 atom stereocenters. The normalized spacial score (nSPS) is 11.8. The zero-order valence-electron chi connectivity index (χ0n) is 16.4. The van der Waals surface area contributed by atoms with Crippen molar-refractivity contribution in [3.05, 3.63) is 84.8 Å². The molecule has 30 heavy (non-hydrogen) atoms. The molecule has 0 spiro atoms. The first-order chi connectivity index (χ1) is 14.6. The number of pyridine rings is 1. The van der Waals surface area contributed by atoms with Gasteiger partial charge in [-0.25, -0.2) is 9.97 Å². The van der Waals surface area contributed by atoms with E-state index in [2.05, 4.69) is 20.6 Å². The van der Waals surface area contributed by atoms with Crippen LogP contribution in [0.25, 0.3) is 16.9 Å². The number of anilines is 1. The summed E-state index contributed by atoms with van der Waals surface area (Å²) in [7, 11) is 0. The molecule has 4 rings (SSSR count). The van der Waals surface area contributed by atoms with E-state index in [4.69, 9.17) is 0 Å². The lowest BCUT2D eigenvalue weighted by molar-refractivity contribution is -0.120. The lowest BCUT2D eigenvalue weighted by atomic mass is 10.0. The van der Waals surface area contributed by atoms with Crippen molar-refractivity contribution in [2.24, 2.45) is 0 Å². The van der Waals surface area contributed by atoms with E-state index >= 15 is 0 Å². The number of rotatable bonds is 6. The smallest absolute Gasteiger partial charge is 0.226 e. The molecule has 0 saturated carbocycles. The van der Waals surface area contributed by atoms with Gasteiger partial charge in [-0.05, 0) is 29.8 Å². The minimum atomic E-state index is -0.395. The molecular weight excluding hydrogens is 378 g/mol. The van der Waals surface area contributed by atoms with Gasteiger partial charge in [-0.3, -0.25) is 14.2 Å². The summed E-state index contributed by atoms with van der Waals surface area (Å²) in [5.41, 5.74) is 3.32. The Balaban J connectivity index is 1.46. The number of nitrogens with zero attached hydrogens (tertiary/aromatic N) is 3. The second kappa shape index (κ2) is 8.57. The van der Waals surface area contributed by atoms with Crippen molar-refractivity contribution in [2.45, 2.75) is 19.4 Å². The molecule has 7 heteroatoms. The predicted octanol–water partition coefficient (Wildman–Crippen LogP) is 3.63. The Morgan fingerprint density at radius 1 is 0.967 bits per heavy atom. The van der Waals surface area contributed by atoms with E-state index in [0.29, 0.717) is 11.5 Å². The lowest BCUT2D eigenvalue weighted by Crippen LogP contribution is -2.29. The number of benzene rings is 2. The highest BCUT2D eigenvalue weighted by molar-refractivity contribution is 5.91. The largest absolute Gasteiger partial charge is 0.349 e. The highest BCUT2D eigenvalue weighted by Crippen LogP contribution is 2.20. The molecule has 2 aromatic carbocycles. The Bertz CT molecular complexity index is 1170. The fraction of sp³-hybridized carbons (Fsp3) is 0.130. The van der Waals surface area contributed by atoms with Gasteiger partial charge in [0.05, 0.1) is 35.4 Å². The van der Waals surface area contributed by atoms with Crippen LogP contribution >= 0.6 is 0 Å². The summed E-state index contributed by atoms with van der Waals surface area (Å²) in [4.78, 5) is 32.9. The SMILES string of the molecule is CC(=O)NC(CC(=O)Nc1ccc(-n2cnc3ccccc32)nc1)c1ccccc1. The molecule has 2 N–H and O–H groups in total. The van der Waals surface area contributed by atoms with Crippen LogP contribution in [0, 0.1) is 0 Å².